The summed E-state index contributed by atoms with van der Waals surface area (Å²) in [5, 5.41) is 2.85. The Morgan fingerprint density at radius 2 is 1.55 bits per heavy atom. The van der Waals surface area contributed by atoms with Crippen molar-refractivity contribution in [1.82, 2.24) is 4.98 Å². The van der Waals surface area contributed by atoms with Crippen LogP contribution >= 0.6 is 0 Å². The van der Waals surface area contributed by atoms with Crippen LogP contribution in [0.25, 0.3) is 10.9 Å². The van der Waals surface area contributed by atoms with E-state index in [9.17, 15) is 17.6 Å². The maximum atomic E-state index is 13.9. The summed E-state index contributed by atoms with van der Waals surface area (Å²) in [6.45, 7) is 0.0593. The molecule has 0 amide bonds. The molecule has 6 heteroatoms. The smallest absolute Gasteiger partial charge is 0.149 e. The van der Waals surface area contributed by atoms with E-state index in [1.54, 1.807) is 0 Å². The highest BCUT2D eigenvalue weighted by Crippen LogP contribution is 2.27. The predicted molar refractivity (Wildman–Crippen MR) is 75.3 cm³/mol. The minimum absolute atomic E-state index is 0.000579. The third-order valence-electron chi connectivity index (χ3n) is 3.20. The summed E-state index contributed by atoms with van der Waals surface area (Å²) in [5.41, 5.74) is 0.543. The minimum Gasteiger partial charge on any atom is -0.380 e. The van der Waals surface area contributed by atoms with E-state index in [-0.39, 0.29) is 17.4 Å². The molecule has 1 heterocycles. The molecule has 1 N–H and O–H groups in total. The fourth-order valence-electron chi connectivity index (χ4n) is 2.25. The maximum Gasteiger partial charge on any atom is 0.149 e. The van der Waals surface area contributed by atoms with Gasteiger partial charge < -0.3 is 5.32 Å². The Labute approximate surface area is 123 Å². The van der Waals surface area contributed by atoms with Crippen molar-refractivity contribution in [3.8, 4) is 0 Å². The lowest BCUT2D eigenvalue weighted by molar-refractivity contribution is 0.580. The highest BCUT2D eigenvalue weighted by molar-refractivity contribution is 5.91. The topological polar surface area (TPSA) is 24.9 Å². The molecule has 0 unspecified atom stereocenters. The van der Waals surface area contributed by atoms with Gasteiger partial charge in [-0.15, -0.1) is 0 Å². The molecule has 0 aliphatic rings. The summed E-state index contributed by atoms with van der Waals surface area (Å²) in [5.74, 6) is -2.67. The number of anilines is 1. The fraction of sp³-hybridized carbons (Fsp3) is 0.0625. The third-order valence-corrected chi connectivity index (χ3v) is 3.20. The first-order chi connectivity index (χ1) is 10.5. The number of pyridine rings is 1. The molecule has 0 saturated carbocycles. The zero-order valence-electron chi connectivity index (χ0n) is 11.2. The molecule has 1 aromatic heterocycles. The van der Waals surface area contributed by atoms with Gasteiger partial charge in [0.2, 0.25) is 0 Å². The zero-order valence-corrected chi connectivity index (χ0v) is 11.2. The average molecular weight is 306 g/mol. The molecule has 0 spiro atoms. The lowest BCUT2D eigenvalue weighted by Gasteiger charge is -2.11. The molecule has 22 heavy (non-hydrogen) atoms. The number of hydrogen-bond acceptors (Lipinski definition) is 2. The average Bonchev–Trinajstić information content (AvgIpc) is 2.48. The van der Waals surface area contributed by atoms with Crippen LogP contribution in [0.5, 0.6) is 0 Å². The zero-order chi connectivity index (χ0) is 15.7. The van der Waals surface area contributed by atoms with Crippen LogP contribution in [0.15, 0.2) is 42.6 Å². The molecule has 0 saturated heterocycles. The second-order valence-electron chi connectivity index (χ2n) is 4.74. The fourth-order valence-corrected chi connectivity index (χ4v) is 2.25. The molecule has 0 fully saturated rings. The lowest BCUT2D eigenvalue weighted by atomic mass is 10.1. The molecule has 0 atom stereocenters. The molecule has 0 aliphatic heterocycles. The highest BCUT2D eigenvalue weighted by Gasteiger charge is 2.11. The summed E-state index contributed by atoms with van der Waals surface area (Å²) in [6.07, 6.45) is 1.33. The van der Waals surface area contributed by atoms with Gasteiger partial charge in [0.15, 0.2) is 0 Å². The number of benzene rings is 2. The number of halogens is 4. The minimum atomic E-state index is -0.700. The van der Waals surface area contributed by atoms with E-state index in [0.717, 1.165) is 30.3 Å². The van der Waals surface area contributed by atoms with Gasteiger partial charge >= 0.3 is 0 Å². The van der Waals surface area contributed by atoms with Gasteiger partial charge in [0, 0.05) is 24.5 Å². The van der Waals surface area contributed by atoms with Gasteiger partial charge in [-0.05, 0) is 35.9 Å². The SMILES string of the molecule is Fc1cc(F)cc(CNc2ccnc3c(F)ccc(F)c23)c1. The second-order valence-corrected chi connectivity index (χ2v) is 4.74. The van der Waals surface area contributed by atoms with Gasteiger partial charge in [0.05, 0.1) is 5.39 Å². The molecule has 3 rings (SSSR count). The molecule has 0 aliphatic carbocycles. The van der Waals surface area contributed by atoms with E-state index in [2.05, 4.69) is 10.3 Å². The molecule has 0 bridgehead atoms. The quantitative estimate of drug-likeness (QED) is 0.725. The molecule has 2 aromatic carbocycles. The largest absolute Gasteiger partial charge is 0.380 e. The second kappa shape index (κ2) is 5.63. The van der Waals surface area contributed by atoms with Crippen LogP contribution < -0.4 is 5.32 Å². The molecule has 0 radical (unpaired) electrons. The van der Waals surface area contributed by atoms with Crippen molar-refractivity contribution in [3.63, 3.8) is 0 Å². The van der Waals surface area contributed by atoms with Gasteiger partial charge in [0.1, 0.15) is 28.8 Å². The maximum absolute atomic E-state index is 13.9. The first kappa shape index (κ1) is 14.3. The van der Waals surface area contributed by atoms with Crippen LogP contribution in [-0.2, 0) is 6.54 Å². The van der Waals surface area contributed by atoms with Gasteiger partial charge in [-0.2, -0.15) is 0 Å². The van der Waals surface area contributed by atoms with Gasteiger partial charge in [-0.1, -0.05) is 0 Å². The summed E-state index contributed by atoms with van der Waals surface area (Å²) in [4.78, 5) is 3.81. The van der Waals surface area contributed by atoms with Crippen molar-refractivity contribution in [2.24, 2.45) is 0 Å². The summed E-state index contributed by atoms with van der Waals surface area (Å²) in [6, 6.07) is 6.57. The summed E-state index contributed by atoms with van der Waals surface area (Å²) in [7, 11) is 0. The molecule has 2 nitrogen and oxygen atoms in total. The van der Waals surface area contributed by atoms with Gasteiger partial charge in [-0.25, -0.2) is 17.6 Å². The summed E-state index contributed by atoms with van der Waals surface area (Å²) < 4.78 is 53.8. The number of nitrogens with one attached hydrogen (secondary N) is 1. The molecule has 112 valence electrons. The normalized spacial score (nSPS) is 10.9. The van der Waals surface area contributed by atoms with Crippen LogP contribution in [-0.4, -0.2) is 4.98 Å². The van der Waals surface area contributed by atoms with E-state index < -0.39 is 23.3 Å². The Bertz CT molecular complexity index is 829. The van der Waals surface area contributed by atoms with Crippen molar-refractivity contribution in [2.45, 2.75) is 6.54 Å². The van der Waals surface area contributed by atoms with Crippen LogP contribution in [0.3, 0.4) is 0 Å². The van der Waals surface area contributed by atoms with Gasteiger partial charge in [-0.3, -0.25) is 4.98 Å². The van der Waals surface area contributed by atoms with E-state index >= 15 is 0 Å². The highest BCUT2D eigenvalue weighted by atomic mass is 19.1. The number of nitrogens with zero attached hydrogens (tertiary/aromatic N) is 1. The van der Waals surface area contributed by atoms with E-state index in [0.29, 0.717) is 11.3 Å². The van der Waals surface area contributed by atoms with Crippen LogP contribution in [0.2, 0.25) is 0 Å². The number of hydrogen-bond donors (Lipinski definition) is 1. The third kappa shape index (κ3) is 2.72. The van der Waals surface area contributed by atoms with Crippen molar-refractivity contribution in [1.29, 1.82) is 0 Å². The Morgan fingerprint density at radius 1 is 0.864 bits per heavy atom. The summed E-state index contributed by atoms with van der Waals surface area (Å²) >= 11 is 0. The first-order valence-electron chi connectivity index (χ1n) is 6.46. The van der Waals surface area contributed by atoms with Crippen molar-refractivity contribution in [2.75, 3.05) is 5.32 Å². The van der Waals surface area contributed by atoms with Crippen LogP contribution in [0.1, 0.15) is 5.56 Å². The Hall–Kier alpha value is -2.63. The van der Waals surface area contributed by atoms with Crippen molar-refractivity contribution >= 4 is 16.6 Å². The predicted octanol–water partition coefficient (Wildman–Crippen LogP) is 4.40. The van der Waals surface area contributed by atoms with E-state index in [4.69, 9.17) is 0 Å². The Kier molecular flexibility index (Phi) is 3.66. The van der Waals surface area contributed by atoms with Crippen molar-refractivity contribution < 1.29 is 17.6 Å². The van der Waals surface area contributed by atoms with Crippen LogP contribution in [0, 0.1) is 23.3 Å². The lowest BCUT2D eigenvalue weighted by Crippen LogP contribution is -2.03. The van der Waals surface area contributed by atoms with Crippen LogP contribution in [0.4, 0.5) is 23.2 Å². The van der Waals surface area contributed by atoms with E-state index in [1.807, 2.05) is 0 Å². The van der Waals surface area contributed by atoms with Gasteiger partial charge in [0.25, 0.3) is 0 Å². The molecule has 3 aromatic rings. The first-order valence-corrected chi connectivity index (χ1v) is 6.46. The molecular formula is C16H10F4N2. The number of fused-ring (bicyclic) bond motifs is 1. The number of aromatic nitrogens is 1. The number of rotatable bonds is 3. The van der Waals surface area contributed by atoms with Crippen molar-refractivity contribution in [3.05, 3.63) is 71.4 Å². The Morgan fingerprint density at radius 3 is 2.27 bits per heavy atom. The van der Waals surface area contributed by atoms with E-state index in [1.165, 1.54) is 12.3 Å². The Balaban J connectivity index is 1.96. The molecular weight excluding hydrogens is 296 g/mol. The monoisotopic (exact) mass is 306 g/mol. The standard InChI is InChI=1S/C16H10F4N2/c17-10-5-9(6-11(18)7-10)8-22-14-3-4-21-16-13(20)2-1-12(19)15(14)16/h1-7H,8H2,(H,21,22).